The Kier molecular flexibility index (Phi) is 6.58. The molecule has 2 aromatic carbocycles. The molecule has 0 fully saturated rings. The maximum Gasteiger partial charge on any atom is 0.303 e. The van der Waals surface area contributed by atoms with E-state index in [1.807, 2.05) is 60.0 Å². The highest BCUT2D eigenvalue weighted by Gasteiger charge is 2.23. The van der Waals surface area contributed by atoms with Crippen LogP contribution in [-0.2, 0) is 11.5 Å². The van der Waals surface area contributed by atoms with E-state index in [4.69, 9.17) is 0 Å². The number of azo groups is 1. The lowest BCUT2D eigenvalue weighted by molar-refractivity contribution is -0.114. The summed E-state index contributed by atoms with van der Waals surface area (Å²) in [5, 5.41) is 23.3. The first kappa shape index (κ1) is 23.1. The second kappa shape index (κ2) is 9.41. The molecule has 1 aromatic heterocycles. The number of nitrogens with one attached hydrogen (secondary N) is 1. The maximum atomic E-state index is 12.9. The van der Waals surface area contributed by atoms with E-state index < -0.39 is 5.91 Å². The molecule has 4 rings (SSSR count). The number of amides is 1. The average molecular weight is 464 g/mol. The minimum absolute atomic E-state index is 0.00418. The van der Waals surface area contributed by atoms with Gasteiger partial charge >= 0.3 is 5.91 Å². The molecule has 172 valence electrons. The normalized spacial score (nSPS) is 14.1. The number of fused-ring (bicyclic) bond motifs is 2. The summed E-state index contributed by atoms with van der Waals surface area (Å²) in [5.74, 6) is -0.439. The molecule has 3 aromatic rings. The van der Waals surface area contributed by atoms with Gasteiger partial charge in [0.2, 0.25) is 5.88 Å². The summed E-state index contributed by atoms with van der Waals surface area (Å²) < 4.78 is 1.83. The number of allylic oxidation sites excluding steroid dienone is 1. The Morgan fingerprint density at radius 3 is 2.48 bits per heavy atom. The molecule has 33 heavy (non-hydrogen) atoms. The lowest BCUT2D eigenvalue weighted by atomic mass is 10.2. The molecule has 7 nitrogen and oxygen atoms in total. The summed E-state index contributed by atoms with van der Waals surface area (Å²) >= 11 is 1.38. The second-order valence-corrected chi connectivity index (χ2v) is 9.70. The van der Waals surface area contributed by atoms with E-state index in [1.54, 1.807) is 0 Å². The number of rotatable bonds is 6. The largest absolute Gasteiger partial charge is 0.493 e. The van der Waals surface area contributed by atoms with E-state index in [0.717, 1.165) is 27.2 Å². The predicted molar refractivity (Wildman–Crippen MR) is 134 cm³/mol. The first-order chi connectivity index (χ1) is 15.8. The topological polar surface area (TPSA) is 82.2 Å². The molecule has 0 unspecified atom stereocenters. The Morgan fingerprint density at radius 1 is 1.09 bits per heavy atom. The van der Waals surface area contributed by atoms with Crippen LogP contribution in [0.15, 0.2) is 74.3 Å². The van der Waals surface area contributed by atoms with Crippen molar-refractivity contribution >= 4 is 39.9 Å². The predicted octanol–water partition coefficient (Wildman–Crippen LogP) is 6.48. The van der Waals surface area contributed by atoms with Crippen molar-refractivity contribution in [2.75, 3.05) is 5.32 Å². The number of aromatic hydroxyl groups is 1. The highest BCUT2D eigenvalue weighted by molar-refractivity contribution is 8.04. The van der Waals surface area contributed by atoms with E-state index in [9.17, 15) is 9.90 Å². The van der Waals surface area contributed by atoms with Crippen LogP contribution < -0.4 is 5.32 Å². The van der Waals surface area contributed by atoms with Crippen LogP contribution in [0.4, 0.5) is 11.4 Å². The smallest absolute Gasteiger partial charge is 0.303 e. The number of hydrogen-bond donors (Lipinski definition) is 2. The molecule has 8 heteroatoms. The summed E-state index contributed by atoms with van der Waals surface area (Å²) in [4.78, 5) is 16.7. The lowest BCUT2D eigenvalue weighted by Gasteiger charge is -2.31. The van der Waals surface area contributed by atoms with Gasteiger partial charge in [-0.1, -0.05) is 42.1 Å². The third kappa shape index (κ3) is 4.54. The molecule has 0 radical (unpaired) electrons. The van der Waals surface area contributed by atoms with Crippen molar-refractivity contribution in [2.24, 2.45) is 10.2 Å². The molecular formula is C25H29N5O2S. The highest BCUT2D eigenvalue weighted by Crippen LogP contribution is 2.42. The number of carbonyl (C=O) groups is 1. The average Bonchev–Trinajstić information content (AvgIpc) is 3.05. The maximum absolute atomic E-state index is 12.9. The fourth-order valence-electron chi connectivity index (χ4n) is 4.05. The van der Waals surface area contributed by atoms with Gasteiger partial charge in [-0.2, -0.15) is 0 Å². The molecule has 0 aliphatic carbocycles. The first-order valence-corrected chi connectivity index (χ1v) is 11.9. The zero-order valence-corrected chi connectivity index (χ0v) is 20.3. The molecular weight excluding hydrogens is 434 g/mol. The second-order valence-electron chi connectivity index (χ2n) is 8.64. The first-order valence-electron chi connectivity index (χ1n) is 11.0. The number of nitrogens with zero attached hydrogens (tertiary/aromatic N) is 4. The van der Waals surface area contributed by atoms with Gasteiger partial charge in [0.15, 0.2) is 5.69 Å². The van der Waals surface area contributed by atoms with Gasteiger partial charge in [0.1, 0.15) is 4.91 Å². The van der Waals surface area contributed by atoms with Crippen LogP contribution in [0.1, 0.15) is 34.6 Å². The Balaban J connectivity index is 1.67. The van der Waals surface area contributed by atoms with Gasteiger partial charge in [-0.25, -0.2) is 0 Å². The molecule has 0 saturated heterocycles. The molecule has 1 amide bonds. The van der Waals surface area contributed by atoms with Crippen molar-refractivity contribution in [1.82, 2.24) is 9.47 Å². The monoisotopic (exact) mass is 463 g/mol. The third-order valence-corrected chi connectivity index (χ3v) is 7.01. The van der Waals surface area contributed by atoms with Crippen molar-refractivity contribution in [3.8, 4) is 5.88 Å². The standard InChI is InChI=1S/C25H29N5O2S/c1-15(2)29(16(3)4)14-30-20-12-8-6-10-18(20)22(25(30)32)27-28-24(31)23-17(5)26-19-11-7-9-13-21(19)33-23/h6-13,15-16,26,32H,14H2,1-5H3. The van der Waals surface area contributed by atoms with Crippen molar-refractivity contribution in [1.29, 1.82) is 0 Å². The minimum atomic E-state index is -0.443. The van der Waals surface area contributed by atoms with Crippen molar-refractivity contribution < 1.29 is 9.90 Å². The third-order valence-electron chi connectivity index (χ3n) is 5.75. The van der Waals surface area contributed by atoms with Crippen molar-refractivity contribution in [2.45, 2.75) is 58.3 Å². The van der Waals surface area contributed by atoms with Gasteiger partial charge in [0.25, 0.3) is 0 Å². The molecule has 1 aliphatic rings. The van der Waals surface area contributed by atoms with Crippen LogP contribution in [0.25, 0.3) is 10.9 Å². The molecule has 0 atom stereocenters. The van der Waals surface area contributed by atoms with Crippen molar-refractivity contribution in [3.05, 3.63) is 59.1 Å². The van der Waals surface area contributed by atoms with Gasteiger partial charge < -0.3 is 10.4 Å². The number of benzene rings is 2. The van der Waals surface area contributed by atoms with Gasteiger partial charge in [-0.05, 0) is 52.8 Å². The van der Waals surface area contributed by atoms with Gasteiger partial charge in [0.05, 0.1) is 17.9 Å². The summed E-state index contributed by atoms with van der Waals surface area (Å²) in [5.41, 5.74) is 2.85. The number of carbonyl (C=O) groups excluding carboxylic acids is 1. The van der Waals surface area contributed by atoms with Crippen LogP contribution in [0, 0.1) is 0 Å². The van der Waals surface area contributed by atoms with Gasteiger partial charge in [-0.3, -0.25) is 14.3 Å². The fourth-order valence-corrected chi connectivity index (χ4v) is 4.98. The summed E-state index contributed by atoms with van der Waals surface area (Å²) in [7, 11) is 0. The summed E-state index contributed by atoms with van der Waals surface area (Å²) in [6, 6.07) is 16.0. The van der Waals surface area contributed by atoms with Crippen LogP contribution in [0.2, 0.25) is 0 Å². The Morgan fingerprint density at radius 2 is 1.76 bits per heavy atom. The van der Waals surface area contributed by atoms with Crippen LogP contribution >= 0.6 is 11.8 Å². The number of hydrogen-bond acceptors (Lipinski definition) is 6. The van der Waals surface area contributed by atoms with Gasteiger partial charge in [0, 0.05) is 28.1 Å². The molecule has 2 N–H and O–H groups in total. The van der Waals surface area contributed by atoms with Gasteiger partial charge in [-0.15, -0.1) is 10.2 Å². The molecule has 0 saturated carbocycles. The Labute approximate surface area is 198 Å². The molecule has 1 aliphatic heterocycles. The van der Waals surface area contributed by atoms with Crippen molar-refractivity contribution in [3.63, 3.8) is 0 Å². The van der Waals surface area contributed by atoms with E-state index in [1.165, 1.54) is 11.8 Å². The lowest BCUT2D eigenvalue weighted by Crippen LogP contribution is -2.38. The number of thioether (sulfide) groups is 1. The zero-order chi connectivity index (χ0) is 23.7. The van der Waals surface area contributed by atoms with E-state index >= 15 is 0 Å². The summed E-state index contributed by atoms with van der Waals surface area (Å²) in [6.45, 7) is 10.9. The number of aromatic nitrogens is 1. The van der Waals surface area contributed by atoms with Crippen LogP contribution in [-0.4, -0.2) is 32.6 Å². The Hall–Kier alpha value is -3.10. The number of anilines is 1. The molecule has 2 heterocycles. The number of para-hydroxylation sites is 2. The quantitative estimate of drug-likeness (QED) is 0.409. The Bertz CT molecular complexity index is 1250. The van der Waals surface area contributed by atoms with Crippen LogP contribution in [0.5, 0.6) is 5.88 Å². The van der Waals surface area contributed by atoms with E-state index in [0.29, 0.717) is 29.3 Å². The molecule has 0 spiro atoms. The fraction of sp³-hybridized carbons (Fsp3) is 0.320. The van der Waals surface area contributed by atoms with Crippen LogP contribution in [0.3, 0.4) is 0 Å². The minimum Gasteiger partial charge on any atom is -0.493 e. The molecule has 0 bridgehead atoms. The van der Waals surface area contributed by atoms with E-state index in [2.05, 4.69) is 48.1 Å². The SMILES string of the molecule is CC1=C(C(=O)N=Nc2c(O)n(CN(C(C)C)C(C)C)c3ccccc23)Sc2ccccc2N1. The van der Waals surface area contributed by atoms with E-state index in [-0.39, 0.29) is 5.88 Å². The highest BCUT2D eigenvalue weighted by atomic mass is 32.2. The summed E-state index contributed by atoms with van der Waals surface area (Å²) in [6.07, 6.45) is 0. The zero-order valence-electron chi connectivity index (χ0n) is 19.5.